The second-order valence-electron chi connectivity index (χ2n) is 5.56. The first-order valence-corrected chi connectivity index (χ1v) is 9.66. The van der Waals surface area contributed by atoms with E-state index < -0.39 is 6.10 Å². The molecule has 0 saturated heterocycles. The van der Waals surface area contributed by atoms with Crippen LogP contribution in [-0.2, 0) is 8.37 Å². The molecule has 0 aromatic carbocycles. The van der Waals surface area contributed by atoms with Crippen molar-refractivity contribution in [1.29, 1.82) is 0 Å². The monoisotopic (exact) mass is 358 g/mol. The lowest BCUT2D eigenvalue weighted by Crippen LogP contribution is -2.19. The van der Waals surface area contributed by atoms with E-state index in [0.717, 1.165) is 31.6 Å². The standard InChI is InChI=1S/C19H34O4S/c1-2-3-4-5-6-7-8-9-10-11-12-13-14-15-16-22-24-23-19(17-20)18-21/h5-10,19-21H,2-4,11-18H2,1H3/b6-5+,8-7+,10-9-. The molecule has 0 aliphatic rings. The zero-order chi connectivity index (χ0) is 17.7. The fourth-order valence-corrected chi connectivity index (χ4v) is 2.29. The second-order valence-corrected chi connectivity index (χ2v) is 6.12. The highest BCUT2D eigenvalue weighted by molar-refractivity contribution is 7.89. The largest absolute Gasteiger partial charge is 0.394 e. The van der Waals surface area contributed by atoms with Crippen molar-refractivity contribution in [3.05, 3.63) is 36.5 Å². The summed E-state index contributed by atoms with van der Waals surface area (Å²) in [5.41, 5.74) is 0. The topological polar surface area (TPSA) is 58.9 Å². The van der Waals surface area contributed by atoms with Crippen molar-refractivity contribution in [2.45, 2.75) is 64.4 Å². The summed E-state index contributed by atoms with van der Waals surface area (Å²) >= 11 is 0.852. The van der Waals surface area contributed by atoms with Gasteiger partial charge in [-0.1, -0.05) is 69.1 Å². The molecule has 140 valence electrons. The van der Waals surface area contributed by atoms with Crippen molar-refractivity contribution in [2.75, 3.05) is 19.8 Å². The Balaban J connectivity index is 3.28. The Labute approximate surface area is 152 Å². The molecule has 0 heterocycles. The van der Waals surface area contributed by atoms with Crippen LogP contribution in [0, 0.1) is 0 Å². The lowest BCUT2D eigenvalue weighted by Gasteiger charge is -2.09. The molecule has 0 aliphatic heterocycles. The van der Waals surface area contributed by atoms with Crippen LogP contribution in [-0.4, -0.2) is 36.1 Å². The van der Waals surface area contributed by atoms with Gasteiger partial charge in [-0.2, -0.15) is 0 Å². The van der Waals surface area contributed by atoms with Crippen LogP contribution < -0.4 is 0 Å². The molecule has 0 bridgehead atoms. The summed E-state index contributed by atoms with van der Waals surface area (Å²) in [5.74, 6) is 0. The van der Waals surface area contributed by atoms with Gasteiger partial charge in [0.2, 0.25) is 0 Å². The summed E-state index contributed by atoms with van der Waals surface area (Å²) in [6.07, 6.45) is 21.6. The average Bonchev–Trinajstić information content (AvgIpc) is 2.61. The van der Waals surface area contributed by atoms with Gasteiger partial charge < -0.3 is 10.2 Å². The van der Waals surface area contributed by atoms with E-state index in [-0.39, 0.29) is 13.2 Å². The van der Waals surface area contributed by atoms with E-state index in [2.05, 4.69) is 43.4 Å². The van der Waals surface area contributed by atoms with Gasteiger partial charge in [0.25, 0.3) is 0 Å². The van der Waals surface area contributed by atoms with Gasteiger partial charge in [0, 0.05) is 0 Å². The van der Waals surface area contributed by atoms with Crippen LogP contribution in [0.3, 0.4) is 0 Å². The number of aliphatic hydroxyl groups is 2. The molecular weight excluding hydrogens is 324 g/mol. The summed E-state index contributed by atoms with van der Waals surface area (Å²) in [4.78, 5) is 0. The molecule has 0 rings (SSSR count). The van der Waals surface area contributed by atoms with Gasteiger partial charge >= 0.3 is 0 Å². The van der Waals surface area contributed by atoms with Crippen molar-refractivity contribution in [3.63, 3.8) is 0 Å². The van der Waals surface area contributed by atoms with Crippen LogP contribution in [0.2, 0.25) is 0 Å². The number of hydrogen-bond acceptors (Lipinski definition) is 5. The van der Waals surface area contributed by atoms with E-state index in [1.807, 2.05) is 0 Å². The lowest BCUT2D eigenvalue weighted by atomic mass is 10.1. The molecule has 0 unspecified atom stereocenters. The number of aliphatic hydroxyl groups excluding tert-OH is 2. The summed E-state index contributed by atoms with van der Waals surface area (Å²) < 4.78 is 10.3. The van der Waals surface area contributed by atoms with Gasteiger partial charge in [0.1, 0.15) is 6.10 Å². The molecule has 0 aromatic rings. The summed E-state index contributed by atoms with van der Waals surface area (Å²) in [7, 11) is 0. The van der Waals surface area contributed by atoms with Crippen LogP contribution in [0.5, 0.6) is 0 Å². The Hall–Kier alpha value is -0.590. The number of rotatable bonds is 17. The quantitative estimate of drug-likeness (QED) is 0.223. The van der Waals surface area contributed by atoms with E-state index in [0.29, 0.717) is 6.61 Å². The Morgan fingerprint density at radius 3 is 2.08 bits per heavy atom. The Kier molecular flexibility index (Phi) is 20.0. The van der Waals surface area contributed by atoms with Gasteiger partial charge in [0.05, 0.1) is 19.8 Å². The fourth-order valence-electron chi connectivity index (χ4n) is 1.81. The van der Waals surface area contributed by atoms with Gasteiger partial charge in [-0.3, -0.25) is 8.37 Å². The van der Waals surface area contributed by atoms with Crippen LogP contribution >= 0.6 is 12.3 Å². The highest BCUT2D eigenvalue weighted by atomic mass is 32.2. The zero-order valence-corrected chi connectivity index (χ0v) is 15.8. The predicted molar refractivity (Wildman–Crippen MR) is 103 cm³/mol. The van der Waals surface area contributed by atoms with E-state index >= 15 is 0 Å². The molecule has 0 fully saturated rings. The molecule has 0 aliphatic carbocycles. The predicted octanol–water partition coefficient (Wildman–Crippen LogP) is 4.75. The van der Waals surface area contributed by atoms with Crippen LogP contribution in [0.1, 0.15) is 58.3 Å². The van der Waals surface area contributed by atoms with E-state index in [1.165, 1.54) is 32.1 Å². The molecule has 0 spiro atoms. The fraction of sp³-hybridized carbons (Fsp3) is 0.684. The molecule has 0 radical (unpaired) electrons. The van der Waals surface area contributed by atoms with E-state index in [1.54, 1.807) is 0 Å². The van der Waals surface area contributed by atoms with E-state index in [4.69, 9.17) is 18.6 Å². The number of unbranched alkanes of at least 4 members (excludes halogenated alkanes) is 6. The highest BCUT2D eigenvalue weighted by Crippen LogP contribution is 2.11. The molecule has 5 heteroatoms. The second kappa shape index (κ2) is 20.5. The van der Waals surface area contributed by atoms with Gasteiger partial charge in [-0.25, -0.2) is 0 Å². The molecule has 0 saturated carbocycles. The van der Waals surface area contributed by atoms with Crippen LogP contribution in [0.15, 0.2) is 36.5 Å². The SMILES string of the molecule is CCCC/C=C/C=C/C=C\CCCCCCOSOC(CO)CO. The molecule has 24 heavy (non-hydrogen) atoms. The summed E-state index contributed by atoms with van der Waals surface area (Å²) in [6.45, 7) is 2.42. The minimum Gasteiger partial charge on any atom is -0.394 e. The number of allylic oxidation sites excluding steroid dienone is 6. The van der Waals surface area contributed by atoms with Crippen molar-refractivity contribution in [3.8, 4) is 0 Å². The third-order valence-corrected chi connectivity index (χ3v) is 3.92. The Morgan fingerprint density at radius 2 is 1.46 bits per heavy atom. The highest BCUT2D eigenvalue weighted by Gasteiger charge is 2.06. The first kappa shape index (κ1) is 23.4. The minimum absolute atomic E-state index is 0.204. The maximum atomic E-state index is 8.79. The third kappa shape index (κ3) is 17.8. The Morgan fingerprint density at radius 1 is 0.833 bits per heavy atom. The van der Waals surface area contributed by atoms with Crippen molar-refractivity contribution in [1.82, 2.24) is 0 Å². The third-order valence-electron chi connectivity index (χ3n) is 3.31. The molecule has 0 aromatic heterocycles. The maximum absolute atomic E-state index is 8.79. The first-order valence-electron chi connectivity index (χ1n) is 9.00. The average molecular weight is 359 g/mol. The van der Waals surface area contributed by atoms with E-state index in [9.17, 15) is 0 Å². The minimum atomic E-state index is -0.567. The van der Waals surface area contributed by atoms with Crippen LogP contribution in [0.25, 0.3) is 0 Å². The summed E-state index contributed by atoms with van der Waals surface area (Å²) in [6, 6.07) is 0. The summed E-state index contributed by atoms with van der Waals surface area (Å²) in [5, 5.41) is 17.6. The lowest BCUT2D eigenvalue weighted by molar-refractivity contribution is 0.0699. The van der Waals surface area contributed by atoms with Crippen molar-refractivity contribution in [2.24, 2.45) is 0 Å². The van der Waals surface area contributed by atoms with Gasteiger partial charge in [-0.05, 0) is 25.7 Å². The molecule has 4 nitrogen and oxygen atoms in total. The first-order chi connectivity index (χ1) is 11.8. The smallest absolute Gasteiger partial charge is 0.159 e. The van der Waals surface area contributed by atoms with Crippen molar-refractivity contribution < 1.29 is 18.6 Å². The van der Waals surface area contributed by atoms with Gasteiger partial charge in [-0.15, -0.1) is 0 Å². The maximum Gasteiger partial charge on any atom is 0.159 e. The zero-order valence-electron chi connectivity index (χ0n) is 14.9. The Bertz CT molecular complexity index is 325. The molecule has 2 N–H and O–H groups in total. The van der Waals surface area contributed by atoms with Gasteiger partial charge in [0.15, 0.2) is 12.3 Å². The normalized spacial score (nSPS) is 12.5. The van der Waals surface area contributed by atoms with Crippen molar-refractivity contribution >= 4 is 12.3 Å². The molecular formula is C19H34O4S. The molecule has 0 amide bonds. The number of hydrogen-bond donors (Lipinski definition) is 2. The molecule has 0 atom stereocenters. The van der Waals surface area contributed by atoms with Crippen LogP contribution in [0.4, 0.5) is 0 Å².